The quantitative estimate of drug-likeness (QED) is 0.744. The Morgan fingerprint density at radius 1 is 1.35 bits per heavy atom. The highest BCUT2D eigenvalue weighted by atomic mass is 16.4. The number of nitrogens with zero attached hydrogens (tertiary/aromatic N) is 1. The predicted octanol–water partition coefficient (Wildman–Crippen LogP) is 2.34. The van der Waals surface area contributed by atoms with E-state index in [1.165, 1.54) is 0 Å². The van der Waals surface area contributed by atoms with Gasteiger partial charge in [0.2, 0.25) is 0 Å². The first kappa shape index (κ1) is 11.5. The van der Waals surface area contributed by atoms with Crippen molar-refractivity contribution in [1.82, 2.24) is 4.98 Å². The molecule has 0 fully saturated rings. The van der Waals surface area contributed by atoms with Crippen LogP contribution in [0.15, 0.2) is 27.4 Å². The number of hydrogen-bond donors (Lipinski definition) is 0. The Hall–Kier alpha value is -1.97. The smallest absolute Gasteiger partial charge is 0.413 e. The fourth-order valence-electron chi connectivity index (χ4n) is 1.76. The van der Waals surface area contributed by atoms with Crippen molar-refractivity contribution >= 4 is 16.7 Å². The van der Waals surface area contributed by atoms with Crippen molar-refractivity contribution in [3.63, 3.8) is 0 Å². The summed E-state index contributed by atoms with van der Waals surface area (Å²) in [6, 6.07) is 5.25. The first-order valence-corrected chi connectivity index (χ1v) is 5.45. The van der Waals surface area contributed by atoms with Gasteiger partial charge in [-0.05, 0) is 19.1 Å². The van der Waals surface area contributed by atoms with E-state index in [-0.39, 0.29) is 11.7 Å². The van der Waals surface area contributed by atoms with E-state index >= 15 is 0 Å². The van der Waals surface area contributed by atoms with Crippen LogP contribution in [-0.4, -0.2) is 10.8 Å². The van der Waals surface area contributed by atoms with Gasteiger partial charge in [-0.25, -0.2) is 4.79 Å². The Morgan fingerprint density at radius 3 is 2.71 bits per heavy atom. The fraction of sp³-hybridized carbons (Fsp3) is 0.308. The fourth-order valence-corrected chi connectivity index (χ4v) is 1.76. The summed E-state index contributed by atoms with van der Waals surface area (Å²) in [5.41, 5.74) is 0.911. The molecule has 17 heavy (non-hydrogen) atoms. The average Bonchev–Trinajstić information content (AvgIpc) is 2.27. The van der Waals surface area contributed by atoms with E-state index in [4.69, 9.17) is 4.42 Å². The molecule has 4 nitrogen and oxygen atoms in total. The van der Waals surface area contributed by atoms with Gasteiger partial charge < -0.3 is 4.42 Å². The average molecular weight is 231 g/mol. The second-order valence-corrected chi connectivity index (χ2v) is 4.26. The van der Waals surface area contributed by atoms with Crippen LogP contribution >= 0.6 is 0 Å². The minimum atomic E-state index is -0.668. The summed E-state index contributed by atoms with van der Waals surface area (Å²) >= 11 is 0. The van der Waals surface area contributed by atoms with E-state index in [2.05, 4.69) is 4.98 Å². The SMILES string of the molecule is Cc1oc(=O)nc2c(C(=O)C(C)C)cccc12. The third-order valence-corrected chi connectivity index (χ3v) is 2.65. The molecule has 0 atom stereocenters. The van der Waals surface area contributed by atoms with Gasteiger partial charge in [-0.2, -0.15) is 4.98 Å². The highest BCUT2D eigenvalue weighted by Crippen LogP contribution is 2.20. The van der Waals surface area contributed by atoms with Gasteiger partial charge in [0, 0.05) is 16.9 Å². The number of aryl methyl sites for hydroxylation is 1. The molecule has 0 aliphatic rings. The second kappa shape index (κ2) is 4.13. The number of aromatic nitrogens is 1. The Kier molecular flexibility index (Phi) is 2.79. The van der Waals surface area contributed by atoms with Crippen LogP contribution in [-0.2, 0) is 0 Å². The second-order valence-electron chi connectivity index (χ2n) is 4.26. The van der Waals surface area contributed by atoms with Gasteiger partial charge >= 0.3 is 5.76 Å². The molecule has 1 aromatic carbocycles. The van der Waals surface area contributed by atoms with Gasteiger partial charge in [0.05, 0.1) is 5.52 Å². The molecular formula is C13H13NO3. The van der Waals surface area contributed by atoms with Crippen LogP contribution in [0.2, 0.25) is 0 Å². The van der Waals surface area contributed by atoms with Crippen LogP contribution in [0.1, 0.15) is 30.0 Å². The number of rotatable bonds is 2. The van der Waals surface area contributed by atoms with E-state index in [1.807, 2.05) is 13.8 Å². The maximum Gasteiger partial charge on any atom is 0.439 e. The summed E-state index contributed by atoms with van der Waals surface area (Å²) in [5.74, 6) is -0.333. The number of ketones is 1. The van der Waals surface area contributed by atoms with Crippen LogP contribution < -0.4 is 5.76 Å². The number of fused-ring (bicyclic) bond motifs is 1. The monoisotopic (exact) mass is 231 g/mol. The Balaban J connectivity index is 2.82. The van der Waals surface area contributed by atoms with E-state index in [0.717, 1.165) is 0 Å². The van der Waals surface area contributed by atoms with Gasteiger partial charge in [-0.15, -0.1) is 0 Å². The van der Waals surface area contributed by atoms with Crippen LogP contribution in [0.5, 0.6) is 0 Å². The van der Waals surface area contributed by atoms with Crippen LogP contribution in [0.25, 0.3) is 10.9 Å². The molecule has 4 heteroatoms. The minimum absolute atomic E-state index is 0.0203. The molecule has 0 radical (unpaired) electrons. The highest BCUT2D eigenvalue weighted by molar-refractivity contribution is 6.07. The zero-order valence-electron chi connectivity index (χ0n) is 9.98. The van der Waals surface area contributed by atoms with Crippen molar-refractivity contribution in [3.8, 4) is 0 Å². The van der Waals surface area contributed by atoms with Crippen LogP contribution in [0, 0.1) is 12.8 Å². The third-order valence-electron chi connectivity index (χ3n) is 2.65. The Morgan fingerprint density at radius 2 is 2.06 bits per heavy atom. The largest absolute Gasteiger partial charge is 0.439 e. The van der Waals surface area contributed by atoms with Crippen LogP contribution in [0.3, 0.4) is 0 Å². The molecule has 1 aromatic heterocycles. The van der Waals surface area contributed by atoms with E-state index in [9.17, 15) is 9.59 Å². The molecule has 2 aromatic rings. The summed E-state index contributed by atoms with van der Waals surface area (Å²) in [6.07, 6.45) is 0. The molecule has 1 heterocycles. The molecule has 0 aliphatic carbocycles. The lowest BCUT2D eigenvalue weighted by atomic mass is 9.98. The number of para-hydroxylation sites is 1. The Labute approximate surface area is 98.3 Å². The maximum absolute atomic E-state index is 12.0. The topological polar surface area (TPSA) is 60.2 Å². The maximum atomic E-state index is 12.0. The zero-order chi connectivity index (χ0) is 12.6. The zero-order valence-corrected chi connectivity index (χ0v) is 9.98. The summed E-state index contributed by atoms with van der Waals surface area (Å²) in [5, 5.41) is 0.705. The first-order valence-electron chi connectivity index (χ1n) is 5.45. The molecule has 0 N–H and O–H groups in total. The van der Waals surface area contributed by atoms with Gasteiger partial charge in [-0.1, -0.05) is 19.9 Å². The van der Waals surface area contributed by atoms with E-state index in [1.54, 1.807) is 25.1 Å². The molecular weight excluding hydrogens is 218 g/mol. The van der Waals surface area contributed by atoms with Crippen molar-refractivity contribution in [3.05, 3.63) is 40.1 Å². The molecule has 0 amide bonds. The van der Waals surface area contributed by atoms with E-state index in [0.29, 0.717) is 22.2 Å². The molecule has 0 saturated carbocycles. The van der Waals surface area contributed by atoms with Gasteiger partial charge in [0.1, 0.15) is 5.76 Å². The minimum Gasteiger partial charge on any atom is -0.413 e. The van der Waals surface area contributed by atoms with Gasteiger partial charge in [0.25, 0.3) is 0 Å². The molecule has 0 aliphatic heterocycles. The summed E-state index contributed by atoms with van der Waals surface area (Å²) in [7, 11) is 0. The molecule has 0 bridgehead atoms. The Bertz CT molecular complexity index is 641. The summed E-state index contributed by atoms with van der Waals surface area (Å²) in [6.45, 7) is 5.33. The third kappa shape index (κ3) is 1.98. The lowest BCUT2D eigenvalue weighted by Crippen LogP contribution is -2.12. The standard InChI is InChI=1S/C13H13NO3/c1-7(2)12(15)10-6-4-5-9-8(3)17-13(16)14-11(9)10/h4-7H,1-3H3. The van der Waals surface area contributed by atoms with Crippen molar-refractivity contribution in [2.75, 3.05) is 0 Å². The predicted molar refractivity (Wildman–Crippen MR) is 64.2 cm³/mol. The molecule has 88 valence electrons. The normalized spacial score (nSPS) is 11.1. The molecule has 2 rings (SSSR count). The van der Waals surface area contributed by atoms with Gasteiger partial charge in [-0.3, -0.25) is 4.79 Å². The van der Waals surface area contributed by atoms with Crippen molar-refractivity contribution in [1.29, 1.82) is 0 Å². The van der Waals surface area contributed by atoms with Crippen molar-refractivity contribution in [2.24, 2.45) is 5.92 Å². The van der Waals surface area contributed by atoms with Crippen molar-refractivity contribution in [2.45, 2.75) is 20.8 Å². The number of benzene rings is 1. The summed E-state index contributed by atoms with van der Waals surface area (Å²) < 4.78 is 4.91. The number of carbonyl (C=O) groups is 1. The lowest BCUT2D eigenvalue weighted by Gasteiger charge is -2.07. The van der Waals surface area contributed by atoms with Crippen LogP contribution in [0.4, 0.5) is 0 Å². The number of Topliss-reactive ketones (excluding diaryl/α,β-unsaturated/α-hetero) is 1. The molecule has 0 spiro atoms. The first-order chi connectivity index (χ1) is 8.00. The molecule has 0 saturated heterocycles. The summed E-state index contributed by atoms with van der Waals surface area (Å²) in [4.78, 5) is 27.1. The highest BCUT2D eigenvalue weighted by Gasteiger charge is 2.16. The van der Waals surface area contributed by atoms with Gasteiger partial charge in [0.15, 0.2) is 5.78 Å². The molecule has 0 unspecified atom stereocenters. The lowest BCUT2D eigenvalue weighted by molar-refractivity contribution is 0.0941. The number of carbonyl (C=O) groups excluding carboxylic acids is 1. The van der Waals surface area contributed by atoms with Crippen molar-refractivity contribution < 1.29 is 9.21 Å². The van der Waals surface area contributed by atoms with E-state index < -0.39 is 5.76 Å². The number of hydrogen-bond acceptors (Lipinski definition) is 4.